The first kappa shape index (κ1) is 21.8. The lowest BCUT2D eigenvalue weighted by atomic mass is 10.1. The van der Waals surface area contributed by atoms with E-state index in [0.29, 0.717) is 25.3 Å². The summed E-state index contributed by atoms with van der Waals surface area (Å²) < 4.78 is 53.8. The minimum atomic E-state index is -1.19. The third kappa shape index (κ3) is 4.92. The summed E-state index contributed by atoms with van der Waals surface area (Å²) in [5, 5.41) is 13.5. The molecule has 32 heavy (non-hydrogen) atoms. The normalized spacial score (nSPS) is 14.3. The first-order chi connectivity index (χ1) is 15.5. The van der Waals surface area contributed by atoms with E-state index in [1.807, 2.05) is 0 Å². The predicted octanol–water partition coefficient (Wildman–Crippen LogP) is 4.28. The van der Waals surface area contributed by atoms with Crippen molar-refractivity contribution >= 4 is 23.5 Å². The molecule has 168 valence electrons. The van der Waals surface area contributed by atoms with Crippen LogP contribution in [-0.4, -0.2) is 54.5 Å². The molecule has 1 aliphatic rings. The largest absolute Gasteiger partial charge is 0.403 e. The van der Waals surface area contributed by atoms with E-state index in [2.05, 4.69) is 32.3 Å². The number of morpholine rings is 1. The summed E-state index contributed by atoms with van der Waals surface area (Å²) in [4.78, 5) is 2.23. The highest BCUT2D eigenvalue weighted by Gasteiger charge is 2.21. The van der Waals surface area contributed by atoms with E-state index in [-0.39, 0.29) is 28.8 Å². The molecule has 0 aliphatic carbocycles. The molecule has 3 aromatic rings. The maximum absolute atomic E-state index is 14.6. The Bertz CT molecular complexity index is 1100. The van der Waals surface area contributed by atoms with Crippen LogP contribution < -0.4 is 10.6 Å². The molecule has 0 atom stereocenters. The standard InChI is InChI=1S/C22H22F3N5O2/c1-2-14-3-6-18(17(24)13-14)27-20-15(4-5-16(23)19(20)25)21-28-29-22(32-21)26-7-8-30-9-11-31-12-10-30/h2-6,13,27H,1,7-12H2,(H,26,29). The summed E-state index contributed by atoms with van der Waals surface area (Å²) in [5.41, 5.74) is 0.311. The predicted molar refractivity (Wildman–Crippen MR) is 115 cm³/mol. The van der Waals surface area contributed by atoms with E-state index in [0.717, 1.165) is 25.7 Å². The Morgan fingerprint density at radius 3 is 2.62 bits per heavy atom. The minimum absolute atomic E-state index is 0.0373. The second-order valence-corrected chi connectivity index (χ2v) is 7.15. The molecule has 1 aromatic heterocycles. The van der Waals surface area contributed by atoms with E-state index in [9.17, 15) is 13.2 Å². The van der Waals surface area contributed by atoms with E-state index < -0.39 is 17.5 Å². The van der Waals surface area contributed by atoms with Crippen LogP contribution >= 0.6 is 0 Å². The third-order valence-electron chi connectivity index (χ3n) is 5.05. The number of hydrogen-bond donors (Lipinski definition) is 2. The lowest BCUT2D eigenvalue weighted by Gasteiger charge is -2.26. The highest BCUT2D eigenvalue weighted by Crippen LogP contribution is 2.34. The maximum Gasteiger partial charge on any atom is 0.315 e. The SMILES string of the molecule is C=Cc1ccc(Nc2c(-c3nnc(NCCN4CCOCC4)o3)ccc(F)c2F)c(F)c1. The molecule has 7 nitrogen and oxygen atoms in total. The van der Waals surface area contributed by atoms with E-state index in [4.69, 9.17) is 9.15 Å². The van der Waals surface area contributed by atoms with Crippen molar-refractivity contribution < 1.29 is 22.3 Å². The molecule has 2 heterocycles. The van der Waals surface area contributed by atoms with Crippen molar-refractivity contribution in [3.63, 3.8) is 0 Å². The molecule has 0 amide bonds. The second-order valence-electron chi connectivity index (χ2n) is 7.15. The number of nitrogens with one attached hydrogen (secondary N) is 2. The molecule has 0 radical (unpaired) electrons. The quantitative estimate of drug-likeness (QED) is 0.536. The van der Waals surface area contributed by atoms with Gasteiger partial charge < -0.3 is 19.8 Å². The van der Waals surface area contributed by atoms with Gasteiger partial charge in [-0.3, -0.25) is 4.90 Å². The molecule has 0 unspecified atom stereocenters. The Balaban J connectivity index is 1.52. The molecule has 4 rings (SSSR count). The maximum atomic E-state index is 14.6. The highest BCUT2D eigenvalue weighted by molar-refractivity contribution is 5.78. The number of halogens is 3. The molecule has 0 bridgehead atoms. The van der Waals surface area contributed by atoms with Gasteiger partial charge in [-0.2, -0.15) is 0 Å². The van der Waals surface area contributed by atoms with Gasteiger partial charge in [0.25, 0.3) is 5.89 Å². The van der Waals surface area contributed by atoms with Gasteiger partial charge in [0, 0.05) is 26.2 Å². The number of benzene rings is 2. The molecule has 10 heteroatoms. The number of ether oxygens (including phenoxy) is 1. The van der Waals surface area contributed by atoms with E-state index in [1.165, 1.54) is 24.3 Å². The highest BCUT2D eigenvalue weighted by atomic mass is 19.2. The van der Waals surface area contributed by atoms with E-state index in [1.54, 1.807) is 6.07 Å². The van der Waals surface area contributed by atoms with Crippen molar-refractivity contribution in [1.82, 2.24) is 15.1 Å². The summed E-state index contributed by atoms with van der Waals surface area (Å²) in [7, 11) is 0. The van der Waals surface area contributed by atoms with Gasteiger partial charge in [0.2, 0.25) is 0 Å². The molecule has 2 aromatic carbocycles. The van der Waals surface area contributed by atoms with Gasteiger partial charge in [-0.05, 0) is 29.8 Å². The van der Waals surface area contributed by atoms with E-state index >= 15 is 0 Å². The molecular formula is C22H22F3N5O2. The smallest absolute Gasteiger partial charge is 0.315 e. The van der Waals surface area contributed by atoms with Crippen LogP contribution in [-0.2, 0) is 4.74 Å². The summed E-state index contributed by atoms with van der Waals surface area (Å²) in [5.74, 6) is -2.96. The fraction of sp³-hybridized carbons (Fsp3) is 0.273. The van der Waals surface area contributed by atoms with Gasteiger partial charge in [0.1, 0.15) is 5.82 Å². The summed E-state index contributed by atoms with van der Waals surface area (Å²) >= 11 is 0. The van der Waals surface area contributed by atoms with Crippen LogP contribution in [0.4, 0.5) is 30.6 Å². The lowest BCUT2D eigenvalue weighted by Crippen LogP contribution is -2.39. The van der Waals surface area contributed by atoms with Crippen molar-refractivity contribution in [2.24, 2.45) is 0 Å². The van der Waals surface area contributed by atoms with Crippen LogP contribution in [0.25, 0.3) is 17.5 Å². The van der Waals surface area contributed by atoms with Crippen molar-refractivity contribution in [2.45, 2.75) is 0 Å². The first-order valence-corrected chi connectivity index (χ1v) is 10.1. The van der Waals surface area contributed by atoms with Crippen LogP contribution in [0, 0.1) is 17.5 Å². The van der Waals surface area contributed by atoms with Gasteiger partial charge in [-0.25, -0.2) is 13.2 Å². The first-order valence-electron chi connectivity index (χ1n) is 10.1. The molecule has 2 N–H and O–H groups in total. The fourth-order valence-corrected chi connectivity index (χ4v) is 3.29. The Kier molecular flexibility index (Phi) is 6.72. The summed E-state index contributed by atoms with van der Waals surface area (Å²) in [6.07, 6.45) is 1.48. The molecular weight excluding hydrogens is 423 g/mol. The Morgan fingerprint density at radius 2 is 1.88 bits per heavy atom. The average Bonchev–Trinajstić information content (AvgIpc) is 3.27. The molecule has 0 saturated carbocycles. The number of hydrogen-bond acceptors (Lipinski definition) is 7. The zero-order chi connectivity index (χ0) is 22.5. The fourth-order valence-electron chi connectivity index (χ4n) is 3.29. The van der Waals surface area contributed by atoms with Crippen LogP contribution in [0.3, 0.4) is 0 Å². The number of rotatable bonds is 8. The third-order valence-corrected chi connectivity index (χ3v) is 5.05. The van der Waals surface area contributed by atoms with Gasteiger partial charge >= 0.3 is 6.01 Å². The number of aromatic nitrogens is 2. The van der Waals surface area contributed by atoms with Crippen LogP contribution in [0.5, 0.6) is 0 Å². The molecule has 0 spiro atoms. The van der Waals surface area contributed by atoms with Gasteiger partial charge in [-0.1, -0.05) is 23.8 Å². The topological polar surface area (TPSA) is 75.5 Å². The van der Waals surface area contributed by atoms with Crippen molar-refractivity contribution in [1.29, 1.82) is 0 Å². The average molecular weight is 445 g/mol. The Morgan fingerprint density at radius 1 is 1.06 bits per heavy atom. The lowest BCUT2D eigenvalue weighted by molar-refractivity contribution is 0.0398. The van der Waals surface area contributed by atoms with Crippen molar-refractivity contribution in [3.05, 3.63) is 59.9 Å². The van der Waals surface area contributed by atoms with Gasteiger partial charge in [-0.15, -0.1) is 5.10 Å². The van der Waals surface area contributed by atoms with Crippen molar-refractivity contribution in [3.8, 4) is 11.5 Å². The zero-order valence-corrected chi connectivity index (χ0v) is 17.2. The van der Waals surface area contributed by atoms with Crippen LogP contribution in [0.15, 0.2) is 41.3 Å². The summed E-state index contributed by atoms with van der Waals surface area (Å²) in [6.45, 7) is 8.01. The molecule has 1 aliphatic heterocycles. The van der Waals surface area contributed by atoms with Crippen molar-refractivity contribution in [2.75, 3.05) is 50.0 Å². The summed E-state index contributed by atoms with van der Waals surface area (Å²) in [6, 6.07) is 6.62. The van der Waals surface area contributed by atoms with Gasteiger partial charge in [0.15, 0.2) is 11.6 Å². The zero-order valence-electron chi connectivity index (χ0n) is 17.2. The monoisotopic (exact) mass is 445 g/mol. The van der Waals surface area contributed by atoms with Crippen LogP contribution in [0.2, 0.25) is 0 Å². The second kappa shape index (κ2) is 9.84. The molecule has 1 fully saturated rings. The van der Waals surface area contributed by atoms with Gasteiger partial charge in [0.05, 0.1) is 30.2 Å². The minimum Gasteiger partial charge on any atom is -0.403 e. The number of nitrogens with zero attached hydrogens (tertiary/aromatic N) is 3. The Labute approximate surface area is 182 Å². The Hall–Kier alpha value is -3.37. The van der Waals surface area contributed by atoms with Crippen LogP contribution in [0.1, 0.15) is 5.56 Å². The molecule has 1 saturated heterocycles. The number of anilines is 3.